The van der Waals surface area contributed by atoms with Crippen LogP contribution < -0.4 is 20.7 Å². The van der Waals surface area contributed by atoms with Gasteiger partial charge >= 0.3 is 0 Å². The van der Waals surface area contributed by atoms with Crippen molar-refractivity contribution in [3.63, 3.8) is 0 Å². The minimum atomic E-state index is -0.637. The molecule has 3 saturated heterocycles. The maximum Gasteiger partial charge on any atom is 0.255 e. The summed E-state index contributed by atoms with van der Waals surface area (Å²) < 4.78 is 47.4. The number of imide groups is 1. The molecule has 1 aromatic heterocycles. The molecule has 4 aromatic rings. The monoisotopic (exact) mass is 1090 g/mol. The zero-order chi connectivity index (χ0) is 53.2. The van der Waals surface area contributed by atoms with E-state index in [0.717, 1.165) is 49.5 Å². The minimum Gasteiger partial charge on any atom is -0.494 e. The number of anilines is 3. The molecule has 0 saturated carbocycles. The number of fused-ring (bicyclic) bond motifs is 2. The number of piperidine rings is 2. The molecule has 20 nitrogen and oxygen atoms in total. The SMILES string of the molecule is COc1cc2ncnc(Nc3ccc(F)c(Cl)c3)c2cc1NC(=O)/C=C/CN1CCC(N2CCN(C(=O)COCCOCCOCCOCCOCCSc3cccc4c3CN(C3CCC(=O)NC3=O)C4=O)CC2)CC1. The third-order valence-corrected chi connectivity index (χ3v) is 14.9. The van der Waals surface area contributed by atoms with Crippen LogP contribution in [0, 0.1) is 5.82 Å². The van der Waals surface area contributed by atoms with E-state index >= 15 is 0 Å². The van der Waals surface area contributed by atoms with Crippen molar-refractivity contribution in [1.82, 2.24) is 34.9 Å². The van der Waals surface area contributed by atoms with E-state index < -0.39 is 17.8 Å². The summed E-state index contributed by atoms with van der Waals surface area (Å²) in [5, 5.41) is 9.00. The van der Waals surface area contributed by atoms with Gasteiger partial charge in [-0.25, -0.2) is 14.4 Å². The van der Waals surface area contributed by atoms with Crippen molar-refractivity contribution in [2.45, 2.75) is 49.2 Å². The lowest BCUT2D eigenvalue weighted by Crippen LogP contribution is -2.54. The average Bonchev–Trinajstić information content (AvgIpc) is 3.76. The summed E-state index contributed by atoms with van der Waals surface area (Å²) in [5.74, 6) is -0.176. The van der Waals surface area contributed by atoms with Crippen LogP contribution in [0.25, 0.3) is 10.9 Å². The van der Waals surface area contributed by atoms with Gasteiger partial charge in [-0.1, -0.05) is 23.7 Å². The number of nitrogens with zero attached hydrogens (tertiary/aromatic N) is 6. The second-order valence-corrected chi connectivity index (χ2v) is 20.0. The van der Waals surface area contributed by atoms with Crippen LogP contribution in [0.4, 0.5) is 21.6 Å². The predicted molar refractivity (Wildman–Crippen MR) is 283 cm³/mol. The van der Waals surface area contributed by atoms with Gasteiger partial charge in [0, 0.05) is 91.2 Å². The number of benzene rings is 3. The highest BCUT2D eigenvalue weighted by molar-refractivity contribution is 7.99. The van der Waals surface area contributed by atoms with Crippen molar-refractivity contribution in [1.29, 1.82) is 0 Å². The van der Waals surface area contributed by atoms with Crippen LogP contribution >= 0.6 is 23.4 Å². The largest absolute Gasteiger partial charge is 0.494 e. The Morgan fingerprint density at radius 1 is 0.855 bits per heavy atom. The Balaban J connectivity index is 0.605. The molecular formula is C53H65ClFN9O11S. The van der Waals surface area contributed by atoms with Crippen LogP contribution in [0.15, 0.2) is 71.9 Å². The normalized spacial score (nSPS) is 17.7. The van der Waals surface area contributed by atoms with Crippen molar-refractivity contribution in [3.8, 4) is 5.75 Å². The molecule has 0 spiro atoms. The maximum absolute atomic E-state index is 13.7. The Bertz CT molecular complexity index is 2690. The molecule has 3 aromatic carbocycles. The fourth-order valence-corrected chi connectivity index (χ4v) is 10.6. The van der Waals surface area contributed by atoms with Gasteiger partial charge < -0.3 is 48.9 Å². The lowest BCUT2D eigenvalue weighted by atomic mass is 10.0. The number of carbonyl (C=O) groups is 5. The Morgan fingerprint density at radius 2 is 1.57 bits per heavy atom. The summed E-state index contributed by atoms with van der Waals surface area (Å²) in [7, 11) is 1.52. The van der Waals surface area contributed by atoms with Crippen molar-refractivity contribution in [3.05, 3.63) is 89.0 Å². The van der Waals surface area contributed by atoms with Gasteiger partial charge in [-0.2, -0.15) is 0 Å². The zero-order valence-electron chi connectivity index (χ0n) is 42.6. The van der Waals surface area contributed by atoms with Crippen LogP contribution in [-0.2, 0) is 49.4 Å². The van der Waals surface area contributed by atoms with Crippen molar-refractivity contribution < 1.29 is 56.8 Å². The summed E-state index contributed by atoms with van der Waals surface area (Å²) >= 11 is 7.58. The van der Waals surface area contributed by atoms with E-state index in [1.165, 1.54) is 31.6 Å². The minimum absolute atomic E-state index is 0.0178. The van der Waals surface area contributed by atoms with Gasteiger partial charge in [0.1, 0.15) is 36.4 Å². The number of ether oxygens (including phenoxy) is 6. The number of likely N-dealkylation sites (tertiary alicyclic amines) is 1. The smallest absolute Gasteiger partial charge is 0.255 e. The number of aromatic nitrogens is 2. The molecule has 5 heterocycles. The third kappa shape index (κ3) is 15.7. The van der Waals surface area contributed by atoms with E-state index in [1.54, 1.807) is 40.9 Å². The van der Waals surface area contributed by atoms with Crippen molar-refractivity contribution in [2.75, 3.05) is 135 Å². The van der Waals surface area contributed by atoms with Crippen LogP contribution in [0.3, 0.4) is 0 Å². The molecule has 0 bridgehead atoms. The van der Waals surface area contributed by atoms with Crippen LogP contribution in [0.5, 0.6) is 5.75 Å². The predicted octanol–water partition coefficient (Wildman–Crippen LogP) is 4.91. The lowest BCUT2D eigenvalue weighted by Gasteiger charge is -2.42. The lowest BCUT2D eigenvalue weighted by molar-refractivity contribution is -0.139. The van der Waals surface area contributed by atoms with Gasteiger partial charge in [-0.05, 0) is 74.3 Å². The van der Waals surface area contributed by atoms with E-state index in [0.29, 0.717) is 143 Å². The highest BCUT2D eigenvalue weighted by Crippen LogP contribution is 2.36. The standard InChI is InChI=1S/C53H65ClFN9O11S/c1-70-46-32-43-39(51(57-35-56-43)58-36-7-8-42(55)41(54)30-36)31-44(46)59-48(65)6-3-13-61-14-11-37(12-15-61)62-16-18-63(19-17-62)50(67)34-75-27-26-73-23-22-71-20-21-72-24-25-74-28-29-76-47-5-2-4-38-40(47)33-64(53(38)69)45-9-10-49(66)60-52(45)68/h2-8,30-32,35,37,45H,9-29,33-34H2,1H3,(H,59,65)(H,56,57,58)(H,60,66,68)/b6-3+. The molecule has 0 aliphatic carbocycles. The zero-order valence-corrected chi connectivity index (χ0v) is 44.2. The van der Waals surface area contributed by atoms with Crippen LogP contribution in [0.1, 0.15) is 41.6 Å². The molecule has 408 valence electrons. The van der Waals surface area contributed by atoms with E-state index in [4.69, 9.17) is 40.0 Å². The molecule has 76 heavy (non-hydrogen) atoms. The van der Waals surface area contributed by atoms with E-state index in [-0.39, 0.29) is 41.7 Å². The second-order valence-electron chi connectivity index (χ2n) is 18.4. The number of amides is 5. The molecule has 0 radical (unpaired) electrons. The van der Waals surface area contributed by atoms with E-state index in [9.17, 15) is 28.4 Å². The van der Waals surface area contributed by atoms with Crippen molar-refractivity contribution in [2.24, 2.45) is 0 Å². The first-order valence-corrected chi connectivity index (χ1v) is 27.0. The number of piperazine rings is 1. The number of rotatable bonds is 27. The molecule has 5 amide bonds. The topological polar surface area (TPSA) is 216 Å². The van der Waals surface area contributed by atoms with Gasteiger partial charge in [0.05, 0.1) is 82.8 Å². The molecular weight excluding hydrogens is 1030 g/mol. The number of halogens is 2. The van der Waals surface area contributed by atoms with Gasteiger partial charge in [-0.15, -0.1) is 11.8 Å². The first-order chi connectivity index (χ1) is 37.0. The summed E-state index contributed by atoms with van der Waals surface area (Å²) in [6.45, 7) is 9.50. The summed E-state index contributed by atoms with van der Waals surface area (Å²) in [5.41, 5.74) is 3.08. The Kier molecular flexibility index (Phi) is 21.2. The van der Waals surface area contributed by atoms with Gasteiger partial charge in [0.15, 0.2) is 0 Å². The maximum atomic E-state index is 13.7. The summed E-state index contributed by atoms with van der Waals surface area (Å²) in [6, 6.07) is 13.1. The van der Waals surface area contributed by atoms with Gasteiger partial charge in [0.25, 0.3) is 5.91 Å². The number of carbonyl (C=O) groups excluding carboxylic acids is 5. The van der Waals surface area contributed by atoms with Crippen LogP contribution in [-0.4, -0.2) is 196 Å². The number of methoxy groups -OCH3 is 1. The Labute approximate surface area is 450 Å². The number of hydrogen-bond donors (Lipinski definition) is 3. The Morgan fingerprint density at radius 3 is 2.26 bits per heavy atom. The third-order valence-electron chi connectivity index (χ3n) is 13.5. The average molecular weight is 1090 g/mol. The fourth-order valence-electron chi connectivity index (χ4n) is 9.48. The molecule has 23 heteroatoms. The summed E-state index contributed by atoms with van der Waals surface area (Å²) in [4.78, 5) is 80.9. The first kappa shape index (κ1) is 56.4. The summed E-state index contributed by atoms with van der Waals surface area (Å²) in [6.07, 6.45) is 7.36. The van der Waals surface area contributed by atoms with Crippen molar-refractivity contribution >= 4 is 81.0 Å². The molecule has 4 aliphatic rings. The fraction of sp³-hybridized carbons (Fsp3) is 0.491. The number of hydrogen-bond acceptors (Lipinski definition) is 17. The second kappa shape index (κ2) is 28.5. The van der Waals surface area contributed by atoms with E-state index in [2.05, 4.69) is 35.7 Å². The van der Waals surface area contributed by atoms with Gasteiger partial charge in [0.2, 0.25) is 23.6 Å². The number of thioether (sulfide) groups is 1. The molecule has 1 unspecified atom stereocenters. The Hall–Kier alpha value is -5.82. The molecule has 1 atom stereocenters. The molecule has 3 N–H and O–H groups in total. The van der Waals surface area contributed by atoms with Gasteiger partial charge in [-0.3, -0.25) is 39.1 Å². The van der Waals surface area contributed by atoms with E-state index in [1.807, 2.05) is 23.1 Å². The highest BCUT2D eigenvalue weighted by Gasteiger charge is 2.40. The van der Waals surface area contributed by atoms with Crippen LogP contribution in [0.2, 0.25) is 5.02 Å². The number of nitrogens with one attached hydrogen (secondary N) is 3. The first-order valence-electron chi connectivity index (χ1n) is 25.6. The molecule has 3 fully saturated rings. The highest BCUT2D eigenvalue weighted by atomic mass is 35.5. The quantitative estimate of drug-likeness (QED) is 0.0313. The molecule has 4 aliphatic heterocycles. The molecule has 8 rings (SSSR count).